The Kier molecular flexibility index (Phi) is 3.63. The number of oxazole rings is 1. The fourth-order valence-corrected chi connectivity index (χ4v) is 5.19. The Bertz CT molecular complexity index is 919. The van der Waals surface area contributed by atoms with Crippen LogP contribution in [-0.4, -0.2) is 22.0 Å². The van der Waals surface area contributed by atoms with Crippen LogP contribution in [0, 0.1) is 5.92 Å². The molecule has 2 aliphatic carbocycles. The molecule has 0 saturated heterocycles. The van der Waals surface area contributed by atoms with Gasteiger partial charge in [0.15, 0.2) is 11.4 Å². The van der Waals surface area contributed by atoms with Gasteiger partial charge in [0.25, 0.3) is 0 Å². The van der Waals surface area contributed by atoms with E-state index >= 15 is 0 Å². The Morgan fingerprint density at radius 1 is 1.27 bits per heavy atom. The lowest BCUT2D eigenvalue weighted by atomic mass is 9.73. The van der Waals surface area contributed by atoms with E-state index in [9.17, 15) is 4.79 Å². The Hall–Kier alpha value is -2.23. The van der Waals surface area contributed by atoms with E-state index in [4.69, 9.17) is 9.41 Å². The molecule has 1 spiro atoms. The Morgan fingerprint density at radius 2 is 2.15 bits per heavy atom. The number of nitrogens with zero attached hydrogens (tertiary/aromatic N) is 2. The predicted molar refractivity (Wildman–Crippen MR) is 101 cm³/mol. The number of para-hydroxylation sites is 2. The summed E-state index contributed by atoms with van der Waals surface area (Å²) in [7, 11) is 0. The van der Waals surface area contributed by atoms with Crippen LogP contribution in [0.15, 0.2) is 44.8 Å². The molecule has 4 heteroatoms. The third-order valence-electron chi connectivity index (χ3n) is 6.20. The van der Waals surface area contributed by atoms with Gasteiger partial charge in [-0.1, -0.05) is 24.6 Å². The molecule has 26 heavy (non-hydrogen) atoms. The first kappa shape index (κ1) is 16.0. The van der Waals surface area contributed by atoms with Crippen molar-refractivity contribution >= 4 is 22.6 Å². The molecule has 2 atom stereocenters. The van der Waals surface area contributed by atoms with E-state index in [0.29, 0.717) is 24.5 Å². The highest BCUT2D eigenvalue weighted by atomic mass is 16.3. The molecule has 134 valence electrons. The number of rotatable bonds is 2. The van der Waals surface area contributed by atoms with Crippen LogP contribution in [0.4, 0.5) is 0 Å². The number of hydrogen-bond donors (Lipinski definition) is 0. The molecule has 3 aliphatic rings. The van der Waals surface area contributed by atoms with Crippen LogP contribution in [0.5, 0.6) is 0 Å². The number of carbonyl (C=O) groups is 1. The molecular weight excluding hydrogens is 324 g/mol. The zero-order valence-electron chi connectivity index (χ0n) is 15.3. The minimum absolute atomic E-state index is 0.258. The third-order valence-corrected chi connectivity index (χ3v) is 6.20. The van der Waals surface area contributed by atoms with Crippen molar-refractivity contribution in [2.75, 3.05) is 0 Å². The lowest BCUT2D eigenvalue weighted by Gasteiger charge is -2.37. The summed E-state index contributed by atoms with van der Waals surface area (Å²) in [5.74, 6) is 1.72. The monoisotopic (exact) mass is 348 g/mol. The van der Waals surface area contributed by atoms with Crippen molar-refractivity contribution in [2.24, 2.45) is 10.9 Å². The van der Waals surface area contributed by atoms with Crippen LogP contribution in [0.3, 0.4) is 0 Å². The van der Waals surface area contributed by atoms with Gasteiger partial charge < -0.3 is 4.42 Å². The summed E-state index contributed by atoms with van der Waals surface area (Å²) in [4.78, 5) is 22.5. The Morgan fingerprint density at radius 3 is 2.96 bits per heavy atom. The second-order valence-electron chi connectivity index (χ2n) is 8.24. The molecule has 1 aromatic carbocycles. The van der Waals surface area contributed by atoms with E-state index in [1.165, 1.54) is 5.57 Å². The first-order valence-corrected chi connectivity index (χ1v) is 9.81. The number of allylic oxidation sites excluding steroid dienone is 1. The van der Waals surface area contributed by atoms with Crippen molar-refractivity contribution in [2.45, 2.75) is 63.8 Å². The number of carbonyl (C=O) groups excluding carboxylic acids is 1. The van der Waals surface area contributed by atoms with Crippen molar-refractivity contribution in [3.8, 4) is 0 Å². The maximum atomic E-state index is 12.7. The standard InChI is InChI=1S/C22H24N2O2/c1-14-9-10-22(13-14)21-15(5-4-7-18(21)25)11-16(24-22)12-20-23-17-6-2-3-8-19(17)26-20/h2-3,6,8,14H,4-5,7,9-13H2,1H3. The summed E-state index contributed by atoms with van der Waals surface area (Å²) >= 11 is 0. The topological polar surface area (TPSA) is 55.5 Å². The number of hydrogen-bond acceptors (Lipinski definition) is 4. The summed E-state index contributed by atoms with van der Waals surface area (Å²) in [6.45, 7) is 2.28. The van der Waals surface area contributed by atoms with E-state index in [0.717, 1.165) is 66.8 Å². The van der Waals surface area contributed by atoms with Gasteiger partial charge in [-0.25, -0.2) is 4.98 Å². The van der Waals surface area contributed by atoms with E-state index < -0.39 is 0 Å². The minimum atomic E-state index is -0.258. The molecule has 2 aromatic rings. The van der Waals surface area contributed by atoms with Crippen molar-refractivity contribution < 1.29 is 9.21 Å². The number of dihydropyridines is 1. The van der Waals surface area contributed by atoms with E-state index in [2.05, 4.69) is 11.9 Å². The van der Waals surface area contributed by atoms with Crippen LogP contribution in [-0.2, 0) is 11.2 Å². The van der Waals surface area contributed by atoms with Gasteiger partial charge in [-0.15, -0.1) is 0 Å². The van der Waals surface area contributed by atoms with Crippen molar-refractivity contribution in [1.82, 2.24) is 4.98 Å². The number of Topliss-reactive ketones (excluding diaryl/α,β-unsaturated/α-hetero) is 1. The van der Waals surface area contributed by atoms with Gasteiger partial charge >= 0.3 is 0 Å². The average Bonchev–Trinajstić information content (AvgIpc) is 3.18. The normalized spacial score (nSPS) is 28.7. The third kappa shape index (κ3) is 2.54. The van der Waals surface area contributed by atoms with Gasteiger partial charge in [0, 0.05) is 24.1 Å². The molecular formula is C22H24N2O2. The summed E-state index contributed by atoms with van der Waals surface area (Å²) in [5, 5.41) is 0. The minimum Gasteiger partial charge on any atom is -0.440 e. The molecule has 1 aliphatic heterocycles. The fraction of sp³-hybridized carbons (Fsp3) is 0.500. The largest absolute Gasteiger partial charge is 0.440 e. The second-order valence-corrected chi connectivity index (χ2v) is 8.24. The molecule has 1 fully saturated rings. The van der Waals surface area contributed by atoms with Crippen LogP contribution in [0.1, 0.15) is 57.8 Å². The Balaban J connectivity index is 1.51. The van der Waals surface area contributed by atoms with E-state index in [1.54, 1.807) is 0 Å². The quantitative estimate of drug-likeness (QED) is 0.781. The number of aliphatic imine (C=N–C) groups is 1. The maximum absolute atomic E-state index is 12.7. The van der Waals surface area contributed by atoms with Gasteiger partial charge in [-0.05, 0) is 50.2 Å². The van der Waals surface area contributed by atoms with Crippen molar-refractivity contribution in [3.05, 3.63) is 41.3 Å². The van der Waals surface area contributed by atoms with Crippen LogP contribution < -0.4 is 0 Å². The zero-order chi connectivity index (χ0) is 17.7. The summed E-state index contributed by atoms with van der Waals surface area (Å²) in [6, 6.07) is 7.88. The average molecular weight is 348 g/mol. The highest BCUT2D eigenvalue weighted by molar-refractivity contribution is 6.03. The first-order chi connectivity index (χ1) is 12.6. The zero-order valence-corrected chi connectivity index (χ0v) is 15.3. The molecule has 2 unspecified atom stereocenters. The molecule has 0 radical (unpaired) electrons. The van der Waals surface area contributed by atoms with Gasteiger partial charge in [-0.2, -0.15) is 0 Å². The smallest absolute Gasteiger partial charge is 0.201 e. The molecule has 1 aromatic heterocycles. The van der Waals surface area contributed by atoms with Crippen LogP contribution in [0.25, 0.3) is 11.1 Å². The number of benzene rings is 1. The molecule has 0 amide bonds. The molecule has 1 saturated carbocycles. The Labute approximate surface area is 153 Å². The lowest BCUT2D eigenvalue weighted by molar-refractivity contribution is -0.116. The predicted octanol–water partition coefficient (Wildman–Crippen LogP) is 4.82. The molecule has 0 N–H and O–H groups in total. The highest BCUT2D eigenvalue weighted by Gasteiger charge is 2.47. The number of ketones is 1. The molecule has 5 rings (SSSR count). The van der Waals surface area contributed by atoms with Gasteiger partial charge in [0.2, 0.25) is 5.89 Å². The summed E-state index contributed by atoms with van der Waals surface area (Å²) in [5.41, 5.74) is 5.03. The summed E-state index contributed by atoms with van der Waals surface area (Å²) < 4.78 is 5.93. The van der Waals surface area contributed by atoms with Gasteiger partial charge in [0.05, 0.1) is 12.0 Å². The summed E-state index contributed by atoms with van der Waals surface area (Å²) in [6.07, 6.45) is 7.37. The molecule has 2 heterocycles. The second kappa shape index (κ2) is 5.90. The SMILES string of the molecule is CC1CCC2(C1)N=C(Cc1nc3ccccc3o1)CC1=C2C(=O)CCC1. The van der Waals surface area contributed by atoms with Gasteiger partial charge in [-0.3, -0.25) is 9.79 Å². The van der Waals surface area contributed by atoms with Crippen molar-refractivity contribution in [3.63, 3.8) is 0 Å². The van der Waals surface area contributed by atoms with Crippen molar-refractivity contribution in [1.29, 1.82) is 0 Å². The lowest BCUT2D eigenvalue weighted by Crippen LogP contribution is -2.38. The number of fused-ring (bicyclic) bond motifs is 2. The fourth-order valence-electron chi connectivity index (χ4n) is 5.19. The molecule has 4 nitrogen and oxygen atoms in total. The highest BCUT2D eigenvalue weighted by Crippen LogP contribution is 2.49. The van der Waals surface area contributed by atoms with Crippen LogP contribution >= 0.6 is 0 Å². The van der Waals surface area contributed by atoms with Crippen LogP contribution in [0.2, 0.25) is 0 Å². The maximum Gasteiger partial charge on any atom is 0.201 e. The number of aromatic nitrogens is 1. The van der Waals surface area contributed by atoms with E-state index in [1.807, 2.05) is 24.3 Å². The first-order valence-electron chi connectivity index (χ1n) is 9.81. The van der Waals surface area contributed by atoms with E-state index in [-0.39, 0.29) is 5.54 Å². The molecule has 0 bridgehead atoms. The van der Waals surface area contributed by atoms with Gasteiger partial charge in [0.1, 0.15) is 5.52 Å².